The summed E-state index contributed by atoms with van der Waals surface area (Å²) in [6.07, 6.45) is 4.89. The van der Waals surface area contributed by atoms with E-state index < -0.39 is 0 Å². The number of aryl methyl sites for hydroxylation is 4. The molecule has 0 aliphatic rings. The lowest BCUT2D eigenvalue weighted by molar-refractivity contribution is 0.0899. The SMILES string of the molecule is CCCCC(CC)COCC(I)COc1ccc(-c2nc(-c3ccc(C)cc3C)nc(-c3ccc(C)cc3C)n2)c(OC)c1. The van der Waals surface area contributed by atoms with Gasteiger partial charge in [0.05, 0.1) is 23.2 Å². The van der Waals surface area contributed by atoms with E-state index in [0.717, 1.165) is 46.6 Å². The summed E-state index contributed by atoms with van der Waals surface area (Å²) in [5.41, 5.74) is 7.38. The first-order valence-electron chi connectivity index (χ1n) is 15.7. The second kappa shape index (κ2) is 16.3. The topological polar surface area (TPSA) is 66.4 Å². The fourth-order valence-corrected chi connectivity index (χ4v) is 5.74. The molecule has 2 atom stereocenters. The number of hydrogen-bond acceptors (Lipinski definition) is 6. The van der Waals surface area contributed by atoms with Crippen molar-refractivity contribution in [1.82, 2.24) is 15.0 Å². The standard InChI is InChI=1S/C37H46IN3O3/c1-8-10-11-28(9-2)21-43-22-29(38)23-44-30-14-17-33(34(20-30)42-7)37-40-35(31-15-12-24(3)18-26(31)5)39-36(41-37)32-16-13-25(4)19-27(32)6/h12-20,28-29H,8-11,21-23H2,1-7H3. The Bertz CT molecular complexity index is 1470. The van der Waals surface area contributed by atoms with Crippen molar-refractivity contribution in [3.05, 3.63) is 76.9 Å². The summed E-state index contributed by atoms with van der Waals surface area (Å²) >= 11 is 2.41. The summed E-state index contributed by atoms with van der Waals surface area (Å²) in [7, 11) is 1.66. The average molecular weight is 708 g/mol. The van der Waals surface area contributed by atoms with E-state index >= 15 is 0 Å². The molecule has 7 heteroatoms. The molecule has 1 aromatic heterocycles. The molecular weight excluding hydrogens is 661 g/mol. The number of hydrogen-bond donors (Lipinski definition) is 0. The Morgan fingerprint density at radius 1 is 0.705 bits per heavy atom. The van der Waals surface area contributed by atoms with Crippen molar-refractivity contribution in [3.63, 3.8) is 0 Å². The van der Waals surface area contributed by atoms with E-state index in [1.165, 1.54) is 30.4 Å². The molecule has 1 heterocycles. The van der Waals surface area contributed by atoms with E-state index in [9.17, 15) is 0 Å². The Kier molecular flexibility index (Phi) is 12.6. The van der Waals surface area contributed by atoms with Crippen molar-refractivity contribution in [1.29, 1.82) is 0 Å². The van der Waals surface area contributed by atoms with Crippen LogP contribution >= 0.6 is 22.6 Å². The van der Waals surface area contributed by atoms with E-state index in [4.69, 9.17) is 29.2 Å². The molecule has 4 aromatic rings. The van der Waals surface area contributed by atoms with Crippen LogP contribution in [0.4, 0.5) is 0 Å². The van der Waals surface area contributed by atoms with Crippen LogP contribution in [0.5, 0.6) is 11.5 Å². The van der Waals surface area contributed by atoms with Crippen LogP contribution in [0.3, 0.4) is 0 Å². The summed E-state index contributed by atoms with van der Waals surface area (Å²) < 4.78 is 18.3. The van der Waals surface area contributed by atoms with Crippen molar-refractivity contribution >= 4 is 22.6 Å². The lowest BCUT2D eigenvalue weighted by atomic mass is 10.0. The van der Waals surface area contributed by atoms with Crippen LogP contribution in [0.25, 0.3) is 34.2 Å². The van der Waals surface area contributed by atoms with Crippen LogP contribution in [-0.2, 0) is 4.74 Å². The molecule has 0 fully saturated rings. The second-order valence-electron chi connectivity index (χ2n) is 11.7. The quantitative estimate of drug-likeness (QED) is 0.0906. The summed E-state index contributed by atoms with van der Waals surface area (Å²) in [4.78, 5) is 14.9. The van der Waals surface area contributed by atoms with Gasteiger partial charge in [-0.1, -0.05) is 103 Å². The van der Waals surface area contributed by atoms with E-state index in [0.29, 0.717) is 42.4 Å². The molecule has 0 N–H and O–H groups in total. The number of alkyl halides is 1. The van der Waals surface area contributed by atoms with Gasteiger partial charge in [0.15, 0.2) is 17.5 Å². The van der Waals surface area contributed by atoms with Crippen LogP contribution in [0.2, 0.25) is 0 Å². The Balaban J connectivity index is 1.58. The first kappa shape index (κ1) is 33.8. The monoisotopic (exact) mass is 707 g/mol. The first-order chi connectivity index (χ1) is 21.2. The lowest BCUT2D eigenvalue weighted by Gasteiger charge is -2.17. The Morgan fingerprint density at radius 3 is 1.80 bits per heavy atom. The third-order valence-corrected chi connectivity index (χ3v) is 8.64. The molecule has 4 rings (SSSR count). The molecule has 234 valence electrons. The van der Waals surface area contributed by atoms with Crippen LogP contribution in [0.1, 0.15) is 61.8 Å². The maximum atomic E-state index is 6.17. The fourth-order valence-electron chi connectivity index (χ4n) is 5.31. The maximum absolute atomic E-state index is 6.17. The van der Waals surface area contributed by atoms with Gasteiger partial charge in [-0.15, -0.1) is 0 Å². The number of unbranched alkanes of at least 4 members (excludes halogenated alkanes) is 1. The Morgan fingerprint density at radius 2 is 1.27 bits per heavy atom. The zero-order valence-corrected chi connectivity index (χ0v) is 29.4. The third-order valence-electron chi connectivity index (χ3n) is 7.92. The average Bonchev–Trinajstić information content (AvgIpc) is 3.01. The van der Waals surface area contributed by atoms with Gasteiger partial charge in [-0.05, 0) is 63.3 Å². The number of benzene rings is 3. The lowest BCUT2D eigenvalue weighted by Crippen LogP contribution is -2.20. The number of aromatic nitrogens is 3. The van der Waals surface area contributed by atoms with Crippen LogP contribution in [-0.4, -0.2) is 45.8 Å². The van der Waals surface area contributed by atoms with E-state index in [2.05, 4.69) is 101 Å². The van der Waals surface area contributed by atoms with E-state index in [-0.39, 0.29) is 3.92 Å². The van der Waals surface area contributed by atoms with Gasteiger partial charge in [-0.2, -0.15) is 0 Å². The minimum Gasteiger partial charge on any atom is -0.496 e. The summed E-state index contributed by atoms with van der Waals surface area (Å²) in [5.74, 6) is 3.85. The van der Waals surface area contributed by atoms with Gasteiger partial charge in [0.25, 0.3) is 0 Å². The van der Waals surface area contributed by atoms with Gasteiger partial charge < -0.3 is 14.2 Å². The highest BCUT2D eigenvalue weighted by atomic mass is 127. The van der Waals surface area contributed by atoms with Crippen molar-refractivity contribution < 1.29 is 14.2 Å². The van der Waals surface area contributed by atoms with E-state index in [1.807, 2.05) is 18.2 Å². The van der Waals surface area contributed by atoms with Crippen molar-refractivity contribution in [3.8, 4) is 45.7 Å². The largest absolute Gasteiger partial charge is 0.496 e. The number of halogens is 1. The van der Waals surface area contributed by atoms with E-state index in [1.54, 1.807) is 7.11 Å². The molecule has 0 amide bonds. The minimum absolute atomic E-state index is 0.242. The minimum atomic E-state index is 0.242. The van der Waals surface area contributed by atoms with Crippen LogP contribution in [0, 0.1) is 33.6 Å². The number of nitrogens with zero attached hydrogens (tertiary/aromatic N) is 3. The second-order valence-corrected chi connectivity index (χ2v) is 13.4. The summed E-state index contributed by atoms with van der Waals surface area (Å²) in [5, 5.41) is 0. The predicted molar refractivity (Wildman–Crippen MR) is 189 cm³/mol. The molecule has 44 heavy (non-hydrogen) atoms. The van der Waals surface area contributed by atoms with Gasteiger partial charge in [-0.25, -0.2) is 15.0 Å². The van der Waals surface area contributed by atoms with Gasteiger partial charge >= 0.3 is 0 Å². The van der Waals surface area contributed by atoms with Crippen molar-refractivity contribution in [2.75, 3.05) is 26.9 Å². The maximum Gasteiger partial charge on any atom is 0.167 e. The Hall–Kier alpha value is -3.04. The molecule has 0 saturated heterocycles. The van der Waals surface area contributed by atoms with Crippen LogP contribution < -0.4 is 9.47 Å². The molecule has 0 saturated carbocycles. The summed E-state index contributed by atoms with van der Waals surface area (Å²) in [6, 6.07) is 18.5. The number of rotatable bonds is 15. The number of methoxy groups -OCH3 is 1. The molecule has 0 radical (unpaired) electrons. The molecule has 0 bridgehead atoms. The molecule has 0 spiro atoms. The third kappa shape index (κ3) is 9.00. The zero-order valence-electron chi connectivity index (χ0n) is 27.2. The highest BCUT2D eigenvalue weighted by Crippen LogP contribution is 2.34. The van der Waals surface area contributed by atoms with Gasteiger partial charge in [0.2, 0.25) is 0 Å². The Labute approximate surface area is 277 Å². The highest BCUT2D eigenvalue weighted by molar-refractivity contribution is 14.1. The summed E-state index contributed by atoms with van der Waals surface area (Å²) in [6.45, 7) is 14.9. The molecular formula is C37H46IN3O3. The zero-order chi connectivity index (χ0) is 31.6. The van der Waals surface area contributed by atoms with Gasteiger partial charge in [0, 0.05) is 23.8 Å². The predicted octanol–water partition coefficient (Wildman–Crippen LogP) is 9.53. The molecule has 0 aliphatic heterocycles. The number of ether oxygens (including phenoxy) is 3. The fraction of sp³-hybridized carbons (Fsp3) is 0.432. The molecule has 0 aliphatic carbocycles. The molecule has 3 aromatic carbocycles. The van der Waals surface area contributed by atoms with Crippen molar-refractivity contribution in [2.24, 2.45) is 5.92 Å². The highest BCUT2D eigenvalue weighted by Gasteiger charge is 2.18. The smallest absolute Gasteiger partial charge is 0.167 e. The van der Waals surface area contributed by atoms with Gasteiger partial charge in [-0.3, -0.25) is 0 Å². The van der Waals surface area contributed by atoms with Crippen molar-refractivity contribution in [2.45, 2.75) is 71.2 Å². The molecule has 2 unspecified atom stereocenters. The van der Waals surface area contributed by atoms with Crippen LogP contribution in [0.15, 0.2) is 54.6 Å². The normalized spacial score (nSPS) is 12.6. The molecule has 6 nitrogen and oxygen atoms in total. The first-order valence-corrected chi connectivity index (χ1v) is 16.9. The van der Waals surface area contributed by atoms with Gasteiger partial charge in [0.1, 0.15) is 18.1 Å².